The van der Waals surface area contributed by atoms with Crippen LogP contribution in [0.25, 0.3) is 33.4 Å². The van der Waals surface area contributed by atoms with Crippen LogP contribution in [0.3, 0.4) is 0 Å². The highest BCUT2D eigenvalue weighted by atomic mass is 15.3. The average molecular weight is 1100 g/mol. The maximum absolute atomic E-state index is 3.03. The number of nitrogens with zero attached hydrogens (tertiary/aromatic N) is 3. The lowest BCUT2D eigenvalue weighted by Gasteiger charge is -2.56. The zero-order valence-electron chi connectivity index (χ0n) is 53.0. The van der Waals surface area contributed by atoms with E-state index in [1.165, 1.54) is 161 Å². The normalized spacial score (nSPS) is 25.0. The van der Waals surface area contributed by atoms with E-state index in [9.17, 15) is 0 Å². The van der Waals surface area contributed by atoms with Crippen LogP contribution in [0.2, 0.25) is 0 Å². The minimum absolute atomic E-state index is 0.0208. The molecule has 8 aromatic carbocycles. The van der Waals surface area contributed by atoms with Crippen LogP contribution < -0.4 is 31.1 Å². The minimum Gasteiger partial charge on any atom is -0.335 e. The third-order valence-electron chi connectivity index (χ3n) is 24.6. The second kappa shape index (κ2) is 16.6. The molecule has 8 aromatic rings. The summed E-state index contributed by atoms with van der Waals surface area (Å²) in [4.78, 5) is 8.74. The van der Waals surface area contributed by atoms with E-state index in [0.717, 1.165) is 12.8 Å². The maximum atomic E-state index is 3.03. The second-order valence-corrected chi connectivity index (χ2v) is 31.9. The fourth-order valence-electron chi connectivity index (χ4n) is 20.5. The monoisotopic (exact) mass is 1100 g/mol. The molecule has 424 valence electrons. The first-order valence-corrected chi connectivity index (χ1v) is 32.3. The van der Waals surface area contributed by atoms with Gasteiger partial charge in [-0.1, -0.05) is 219 Å². The van der Waals surface area contributed by atoms with Crippen LogP contribution in [0.15, 0.2) is 152 Å². The standard InChI is InChI=1S/C80H86BN3/c1-72(2,3)52-32-36-63(56(43-52)50-28-20-17-21-29-50)82-65-37-34-59-68-57-44-53(31-33-58(57)75(59,10)11)80(73(4,5)6,74(7,8)9)54-45-61-71-62(46-54)81(70(65)68)69-66(82)47-55(48-67(69)84(71)79(15)41-25-23-39-77(61,79)13)83-64-35-30-51(49-26-18-16-19-27-49)42-60(64)76(12)38-22-24-40-78(76,83)14/h16-21,26-37,42-48H,22-25,38-41H2,1-15H3. The lowest BCUT2D eigenvalue weighted by atomic mass is 9.32. The van der Waals surface area contributed by atoms with E-state index in [2.05, 4.69) is 270 Å². The first-order chi connectivity index (χ1) is 39.8. The highest BCUT2D eigenvalue weighted by Crippen LogP contribution is 2.68. The van der Waals surface area contributed by atoms with Gasteiger partial charge in [0.05, 0.1) is 16.8 Å². The molecule has 5 heterocycles. The van der Waals surface area contributed by atoms with Crippen molar-refractivity contribution in [2.75, 3.05) is 14.7 Å². The van der Waals surface area contributed by atoms with Gasteiger partial charge in [-0.05, 0) is 187 Å². The Balaban J connectivity index is 1.10. The van der Waals surface area contributed by atoms with Gasteiger partial charge in [0.2, 0.25) is 0 Å². The Labute approximate surface area is 503 Å². The number of rotatable bonds is 4. The van der Waals surface area contributed by atoms with Gasteiger partial charge in [0, 0.05) is 61.3 Å². The Morgan fingerprint density at radius 1 is 0.417 bits per heavy atom. The maximum Gasteiger partial charge on any atom is 0.252 e. The first-order valence-electron chi connectivity index (χ1n) is 32.3. The number of anilines is 7. The largest absolute Gasteiger partial charge is 0.335 e. The van der Waals surface area contributed by atoms with Crippen molar-refractivity contribution >= 4 is 62.9 Å². The summed E-state index contributed by atoms with van der Waals surface area (Å²) >= 11 is 0. The van der Waals surface area contributed by atoms with Crippen LogP contribution >= 0.6 is 0 Å². The summed E-state index contributed by atoms with van der Waals surface area (Å²) in [5.74, 6) is 0. The third kappa shape index (κ3) is 6.26. The van der Waals surface area contributed by atoms with Crippen molar-refractivity contribution in [1.29, 1.82) is 0 Å². The molecule has 0 spiro atoms. The van der Waals surface area contributed by atoms with Gasteiger partial charge in [0.15, 0.2) is 0 Å². The molecule has 8 aliphatic rings. The van der Waals surface area contributed by atoms with Crippen LogP contribution in [0.1, 0.15) is 194 Å². The van der Waals surface area contributed by atoms with Crippen LogP contribution in [-0.2, 0) is 27.1 Å². The Kier molecular flexibility index (Phi) is 10.4. The average Bonchev–Trinajstić information content (AvgIpc) is 1.40. The van der Waals surface area contributed by atoms with Gasteiger partial charge < -0.3 is 14.7 Å². The van der Waals surface area contributed by atoms with Crippen LogP contribution in [0.4, 0.5) is 39.8 Å². The molecule has 16 rings (SSSR count). The molecule has 0 aromatic heterocycles. The lowest BCUT2D eigenvalue weighted by molar-refractivity contribution is 0.0905. The zero-order chi connectivity index (χ0) is 58.4. The number of fused-ring (bicyclic) bond motifs is 9. The molecule has 4 bridgehead atoms. The number of hydrogen-bond donors (Lipinski definition) is 0. The van der Waals surface area contributed by atoms with Gasteiger partial charge in [-0.15, -0.1) is 0 Å². The minimum atomic E-state index is -0.337. The smallest absolute Gasteiger partial charge is 0.252 e. The van der Waals surface area contributed by atoms with Crippen LogP contribution in [0, 0.1) is 10.8 Å². The predicted molar refractivity (Wildman–Crippen MR) is 358 cm³/mol. The van der Waals surface area contributed by atoms with Gasteiger partial charge >= 0.3 is 0 Å². The lowest BCUT2D eigenvalue weighted by Crippen LogP contribution is -2.65. The summed E-state index contributed by atoms with van der Waals surface area (Å²) in [6.07, 6.45) is 9.55. The Morgan fingerprint density at radius 3 is 1.68 bits per heavy atom. The summed E-state index contributed by atoms with van der Waals surface area (Å²) in [5.41, 5.74) is 30.9. The van der Waals surface area contributed by atoms with Crippen molar-refractivity contribution in [2.45, 2.75) is 193 Å². The predicted octanol–water partition coefficient (Wildman–Crippen LogP) is 19.4. The molecular weight excluding hydrogens is 1010 g/mol. The number of hydrogen-bond acceptors (Lipinski definition) is 3. The van der Waals surface area contributed by atoms with E-state index in [-0.39, 0.29) is 55.7 Å². The fourth-order valence-corrected chi connectivity index (χ4v) is 20.5. The van der Waals surface area contributed by atoms with Crippen molar-refractivity contribution in [3.05, 3.63) is 191 Å². The topological polar surface area (TPSA) is 9.72 Å². The van der Waals surface area contributed by atoms with Gasteiger partial charge in [-0.2, -0.15) is 0 Å². The van der Waals surface area contributed by atoms with Gasteiger partial charge in [-0.3, -0.25) is 0 Å². The number of benzene rings is 8. The molecule has 4 atom stereocenters. The first kappa shape index (κ1) is 52.8. The summed E-state index contributed by atoms with van der Waals surface area (Å²) in [6, 6.07) is 61.7. The molecule has 84 heavy (non-hydrogen) atoms. The van der Waals surface area contributed by atoms with Crippen LogP contribution in [-0.4, -0.2) is 17.8 Å². The quantitative estimate of drug-likeness (QED) is 0.163. The molecule has 0 N–H and O–H groups in total. The zero-order valence-corrected chi connectivity index (χ0v) is 53.0. The van der Waals surface area contributed by atoms with Crippen molar-refractivity contribution in [1.82, 2.24) is 0 Å². The van der Waals surface area contributed by atoms with E-state index in [4.69, 9.17) is 0 Å². The molecule has 0 radical (unpaired) electrons. The molecular formula is C80H86BN3. The fraction of sp³-hybridized carbons (Fsp3) is 0.400. The summed E-state index contributed by atoms with van der Waals surface area (Å²) in [6.45, 7) is 38.1. The highest BCUT2D eigenvalue weighted by molar-refractivity contribution is 7.01. The molecule has 0 saturated heterocycles. The summed E-state index contributed by atoms with van der Waals surface area (Å²) in [5, 5.41) is 0. The van der Waals surface area contributed by atoms with Gasteiger partial charge in [-0.25, -0.2) is 0 Å². The summed E-state index contributed by atoms with van der Waals surface area (Å²) < 4.78 is 0. The Bertz CT molecular complexity index is 4150. The van der Waals surface area contributed by atoms with Crippen molar-refractivity contribution in [3.8, 4) is 33.4 Å². The Hall–Kier alpha value is -6.78. The molecule has 5 aliphatic heterocycles. The molecule has 2 fully saturated rings. The second-order valence-electron chi connectivity index (χ2n) is 31.9. The van der Waals surface area contributed by atoms with E-state index in [1.54, 1.807) is 5.56 Å². The Morgan fingerprint density at radius 2 is 1.01 bits per heavy atom. The van der Waals surface area contributed by atoms with Gasteiger partial charge in [0.25, 0.3) is 6.71 Å². The molecule has 0 amide bonds. The SMILES string of the molecule is CC(C)(C)c1ccc(N2c3cc(N4c5ccc(-c6ccccc6)cc5C5(C)CCCCC45C)cc4c3B3c5cc(cc6c5N4C4(C)CCCCC64C)C(C(C)(C)C)(C(C)(C)C)c4ccc5c(c4)-c4c(ccc2c43)C5(C)C)c(-c2ccccc2)c1. The van der Waals surface area contributed by atoms with Gasteiger partial charge in [0.1, 0.15) is 0 Å². The highest BCUT2D eigenvalue weighted by Gasteiger charge is 2.65. The molecule has 2 saturated carbocycles. The summed E-state index contributed by atoms with van der Waals surface area (Å²) in [7, 11) is 0. The van der Waals surface area contributed by atoms with Crippen molar-refractivity contribution in [2.24, 2.45) is 10.8 Å². The van der Waals surface area contributed by atoms with Crippen LogP contribution in [0.5, 0.6) is 0 Å². The van der Waals surface area contributed by atoms with E-state index < -0.39 is 0 Å². The molecule has 3 aliphatic carbocycles. The molecule has 4 unspecified atom stereocenters. The van der Waals surface area contributed by atoms with E-state index in [1.807, 2.05) is 0 Å². The molecule has 3 nitrogen and oxygen atoms in total. The van der Waals surface area contributed by atoms with E-state index >= 15 is 0 Å². The van der Waals surface area contributed by atoms with Crippen molar-refractivity contribution < 1.29 is 0 Å². The van der Waals surface area contributed by atoms with E-state index in [0.29, 0.717) is 0 Å². The molecule has 4 heteroatoms. The van der Waals surface area contributed by atoms with Crippen molar-refractivity contribution in [3.63, 3.8) is 0 Å². The third-order valence-corrected chi connectivity index (χ3v) is 24.6.